The number of carbonyl (C=O) groups is 1. The summed E-state index contributed by atoms with van der Waals surface area (Å²) in [6, 6.07) is 22.9. The molecule has 5 rings (SSSR count). The number of anilines is 1. The third-order valence-electron chi connectivity index (χ3n) is 7.19. The lowest BCUT2D eigenvalue weighted by atomic mass is 9.85. The molecule has 2 aliphatic heterocycles. The molecule has 180 valence electrons. The summed E-state index contributed by atoms with van der Waals surface area (Å²) in [5.41, 5.74) is 3.35. The van der Waals surface area contributed by atoms with E-state index in [1.807, 2.05) is 18.2 Å². The molecule has 35 heavy (non-hydrogen) atoms. The summed E-state index contributed by atoms with van der Waals surface area (Å²) in [6.45, 7) is 3.08. The summed E-state index contributed by atoms with van der Waals surface area (Å²) in [6.07, 6.45) is 4.50. The lowest BCUT2D eigenvalue weighted by molar-refractivity contribution is -0.125. The van der Waals surface area contributed by atoms with Crippen LogP contribution in [0.2, 0.25) is 0 Å². The highest BCUT2D eigenvalue weighted by molar-refractivity contribution is 5.93. The Morgan fingerprint density at radius 1 is 0.857 bits per heavy atom. The maximum absolute atomic E-state index is 13.5. The van der Waals surface area contributed by atoms with Crippen LogP contribution in [0.15, 0.2) is 84.9 Å². The van der Waals surface area contributed by atoms with Crippen molar-refractivity contribution in [2.45, 2.75) is 24.8 Å². The SMILES string of the molecule is O=C1NCN(c2ccccc2)C12CCN(CCC=C(c1ccc(F)cc1)c1ccc(F)cc1)CC2. The lowest BCUT2D eigenvalue weighted by Gasteiger charge is -2.43. The fourth-order valence-electron chi connectivity index (χ4n) is 5.23. The molecule has 0 radical (unpaired) electrons. The van der Waals surface area contributed by atoms with Gasteiger partial charge in [0.15, 0.2) is 0 Å². The number of nitrogens with one attached hydrogen (secondary N) is 1. The average Bonchev–Trinajstić information content (AvgIpc) is 3.20. The number of nitrogens with zero attached hydrogens (tertiary/aromatic N) is 2. The number of para-hydroxylation sites is 1. The molecule has 2 aliphatic rings. The van der Waals surface area contributed by atoms with Crippen molar-refractivity contribution in [3.63, 3.8) is 0 Å². The predicted molar refractivity (Wildman–Crippen MR) is 135 cm³/mol. The van der Waals surface area contributed by atoms with Crippen molar-refractivity contribution in [3.8, 4) is 0 Å². The summed E-state index contributed by atoms with van der Waals surface area (Å²) >= 11 is 0. The average molecular weight is 474 g/mol. The third-order valence-corrected chi connectivity index (χ3v) is 7.19. The Balaban J connectivity index is 1.27. The van der Waals surface area contributed by atoms with Gasteiger partial charge in [-0.1, -0.05) is 48.5 Å². The zero-order chi connectivity index (χ0) is 24.3. The van der Waals surface area contributed by atoms with Gasteiger partial charge in [0.25, 0.3) is 0 Å². The number of hydrogen-bond acceptors (Lipinski definition) is 3. The minimum atomic E-state index is -0.485. The molecule has 1 amide bonds. The molecule has 4 nitrogen and oxygen atoms in total. The van der Waals surface area contributed by atoms with Gasteiger partial charge >= 0.3 is 0 Å². The molecule has 0 aliphatic carbocycles. The highest BCUT2D eigenvalue weighted by atomic mass is 19.1. The van der Waals surface area contributed by atoms with Gasteiger partial charge in [-0.3, -0.25) is 4.79 Å². The Labute approximate surface area is 204 Å². The number of amides is 1. The van der Waals surface area contributed by atoms with E-state index >= 15 is 0 Å². The summed E-state index contributed by atoms with van der Waals surface area (Å²) in [7, 11) is 0. The Morgan fingerprint density at radius 3 is 2.00 bits per heavy atom. The minimum absolute atomic E-state index is 0.121. The van der Waals surface area contributed by atoms with Gasteiger partial charge in [-0.05, 0) is 72.4 Å². The van der Waals surface area contributed by atoms with Gasteiger partial charge < -0.3 is 15.1 Å². The highest BCUT2D eigenvalue weighted by Crippen LogP contribution is 2.36. The zero-order valence-electron chi connectivity index (χ0n) is 19.6. The molecule has 6 heteroatoms. The van der Waals surface area contributed by atoms with Crippen molar-refractivity contribution in [2.75, 3.05) is 31.2 Å². The van der Waals surface area contributed by atoms with Gasteiger partial charge in [-0.2, -0.15) is 0 Å². The second-order valence-corrected chi connectivity index (χ2v) is 9.22. The molecular weight excluding hydrogens is 444 g/mol. The number of benzene rings is 3. The van der Waals surface area contributed by atoms with Gasteiger partial charge in [-0.15, -0.1) is 0 Å². The zero-order valence-corrected chi connectivity index (χ0v) is 19.6. The van der Waals surface area contributed by atoms with Gasteiger partial charge in [0, 0.05) is 25.3 Å². The number of hydrogen-bond donors (Lipinski definition) is 1. The summed E-state index contributed by atoms with van der Waals surface area (Å²) in [4.78, 5) is 17.5. The van der Waals surface area contributed by atoms with Crippen LogP contribution >= 0.6 is 0 Å². The molecule has 3 aromatic rings. The fourth-order valence-corrected chi connectivity index (χ4v) is 5.23. The van der Waals surface area contributed by atoms with Gasteiger partial charge in [0.1, 0.15) is 17.2 Å². The maximum Gasteiger partial charge on any atom is 0.247 e. The minimum Gasteiger partial charge on any atom is -0.339 e. The number of likely N-dealkylation sites (tertiary alicyclic amines) is 1. The van der Waals surface area contributed by atoms with Crippen LogP contribution in [0.5, 0.6) is 0 Å². The molecule has 1 spiro atoms. The fraction of sp³-hybridized carbons (Fsp3) is 0.276. The largest absolute Gasteiger partial charge is 0.339 e. The van der Waals surface area contributed by atoms with Gasteiger partial charge in [0.05, 0.1) is 6.67 Å². The van der Waals surface area contributed by atoms with Crippen LogP contribution in [0.1, 0.15) is 30.4 Å². The summed E-state index contributed by atoms with van der Waals surface area (Å²) in [5.74, 6) is -0.444. The highest BCUT2D eigenvalue weighted by Gasteiger charge is 2.50. The van der Waals surface area contributed by atoms with Crippen molar-refractivity contribution in [1.82, 2.24) is 10.2 Å². The lowest BCUT2D eigenvalue weighted by Crippen LogP contribution is -2.56. The second-order valence-electron chi connectivity index (χ2n) is 9.22. The van der Waals surface area contributed by atoms with Crippen molar-refractivity contribution >= 4 is 17.2 Å². The first-order valence-electron chi connectivity index (χ1n) is 12.1. The molecule has 0 atom stereocenters. The van der Waals surface area contributed by atoms with E-state index in [0.717, 1.165) is 61.3 Å². The van der Waals surface area contributed by atoms with Crippen LogP contribution in [0.4, 0.5) is 14.5 Å². The Bertz CT molecular complexity index is 1140. The van der Waals surface area contributed by atoms with Crippen LogP contribution in [0.25, 0.3) is 5.57 Å². The van der Waals surface area contributed by atoms with E-state index in [1.165, 1.54) is 24.3 Å². The molecule has 0 aromatic heterocycles. The third kappa shape index (κ3) is 4.84. The molecule has 2 saturated heterocycles. The normalized spacial score (nSPS) is 17.4. The summed E-state index contributed by atoms with van der Waals surface area (Å²) in [5, 5.41) is 3.05. The van der Waals surface area contributed by atoms with Crippen molar-refractivity contribution < 1.29 is 13.6 Å². The monoisotopic (exact) mass is 473 g/mol. The molecule has 3 aromatic carbocycles. The molecular formula is C29H29F2N3O. The smallest absolute Gasteiger partial charge is 0.247 e. The second kappa shape index (κ2) is 10.0. The Kier molecular flexibility index (Phi) is 6.64. The molecule has 2 heterocycles. The van der Waals surface area contributed by atoms with Crippen LogP contribution in [0, 0.1) is 11.6 Å². The predicted octanol–water partition coefficient (Wildman–Crippen LogP) is 5.22. The molecule has 0 unspecified atom stereocenters. The molecule has 2 fully saturated rings. The van der Waals surface area contributed by atoms with Crippen molar-refractivity contribution in [3.05, 3.63) is 108 Å². The van der Waals surface area contributed by atoms with Crippen molar-refractivity contribution in [1.29, 1.82) is 0 Å². The number of rotatable bonds is 6. The molecule has 1 N–H and O–H groups in total. The van der Waals surface area contributed by atoms with Crippen LogP contribution in [-0.4, -0.2) is 42.6 Å². The number of carbonyl (C=O) groups excluding carboxylic acids is 1. The van der Waals surface area contributed by atoms with Crippen LogP contribution in [-0.2, 0) is 4.79 Å². The van der Waals surface area contributed by atoms with E-state index in [2.05, 4.69) is 33.3 Å². The quantitative estimate of drug-likeness (QED) is 0.534. The van der Waals surface area contributed by atoms with E-state index in [0.29, 0.717) is 6.67 Å². The maximum atomic E-state index is 13.5. The topological polar surface area (TPSA) is 35.6 Å². The van der Waals surface area contributed by atoms with Crippen molar-refractivity contribution in [2.24, 2.45) is 0 Å². The van der Waals surface area contributed by atoms with E-state index in [9.17, 15) is 13.6 Å². The van der Waals surface area contributed by atoms with Gasteiger partial charge in [0.2, 0.25) is 5.91 Å². The van der Waals surface area contributed by atoms with E-state index in [-0.39, 0.29) is 17.5 Å². The molecule has 0 bridgehead atoms. The first kappa shape index (κ1) is 23.2. The van der Waals surface area contributed by atoms with E-state index < -0.39 is 5.54 Å². The van der Waals surface area contributed by atoms with E-state index in [1.54, 1.807) is 24.3 Å². The first-order chi connectivity index (χ1) is 17.0. The van der Waals surface area contributed by atoms with Crippen LogP contribution < -0.4 is 10.2 Å². The van der Waals surface area contributed by atoms with Crippen LogP contribution in [0.3, 0.4) is 0 Å². The Morgan fingerprint density at radius 2 is 1.43 bits per heavy atom. The first-order valence-corrected chi connectivity index (χ1v) is 12.1. The number of piperidine rings is 1. The Hall–Kier alpha value is -3.51. The van der Waals surface area contributed by atoms with E-state index in [4.69, 9.17) is 0 Å². The van der Waals surface area contributed by atoms with Gasteiger partial charge in [-0.25, -0.2) is 8.78 Å². The summed E-state index contributed by atoms with van der Waals surface area (Å²) < 4.78 is 27.0. The molecule has 0 saturated carbocycles. The standard InChI is InChI=1S/C29H29F2N3O/c30-24-12-8-22(9-13-24)27(23-10-14-25(31)15-11-23)7-4-18-33-19-16-29(17-20-33)28(35)32-21-34(29)26-5-2-1-3-6-26/h1-3,5-15H,4,16-21H2,(H,32,35). The number of halogens is 2.